The Morgan fingerprint density at radius 2 is 2.08 bits per heavy atom. The van der Waals surface area contributed by atoms with Gasteiger partial charge in [0.25, 0.3) is 0 Å². The smallest absolute Gasteiger partial charge is 0.175 e. The molecule has 0 aliphatic carbocycles. The van der Waals surface area contributed by atoms with Gasteiger partial charge in [0, 0.05) is 6.92 Å². The number of allylic oxidation sites excluding steroid dienone is 3. The van der Waals surface area contributed by atoms with Crippen LogP contribution >= 0.6 is 0 Å². The zero-order valence-corrected chi connectivity index (χ0v) is 7.63. The largest absolute Gasteiger partial charge is 0.355 e. The highest BCUT2D eigenvalue weighted by Gasteiger charge is 2.30. The molecule has 0 aromatic heterocycles. The lowest BCUT2D eigenvalue weighted by Crippen LogP contribution is -2.58. The molecule has 13 heavy (non-hydrogen) atoms. The van der Waals surface area contributed by atoms with Gasteiger partial charge < -0.3 is 5.32 Å². The van der Waals surface area contributed by atoms with Crippen LogP contribution in [0.4, 0.5) is 0 Å². The minimum atomic E-state index is -1.23. The van der Waals surface area contributed by atoms with Crippen molar-refractivity contribution in [2.24, 2.45) is 5.73 Å². The lowest BCUT2D eigenvalue weighted by atomic mass is 10.0. The third kappa shape index (κ3) is 1.84. The van der Waals surface area contributed by atoms with Crippen LogP contribution in [0.5, 0.6) is 0 Å². The predicted molar refractivity (Wildman–Crippen MR) is 48.6 cm³/mol. The highest BCUT2D eigenvalue weighted by atomic mass is 16.1. The van der Waals surface area contributed by atoms with Gasteiger partial charge in [-0.25, -0.2) is 0 Å². The number of nitrogens with two attached hydrogens (primary N) is 1. The summed E-state index contributed by atoms with van der Waals surface area (Å²) in [4.78, 5) is 22.1. The molecule has 0 spiro atoms. The molecule has 1 aliphatic rings. The highest BCUT2D eigenvalue weighted by Crippen LogP contribution is 2.10. The van der Waals surface area contributed by atoms with Crippen LogP contribution in [0.25, 0.3) is 0 Å². The second-order valence-corrected chi connectivity index (χ2v) is 3.05. The maximum Gasteiger partial charge on any atom is 0.175 e. The van der Waals surface area contributed by atoms with Crippen molar-refractivity contribution in [3.63, 3.8) is 0 Å². The number of dihydropyridines is 1. The maximum absolute atomic E-state index is 11.1. The Hall–Kier alpha value is -1.42. The van der Waals surface area contributed by atoms with Gasteiger partial charge in [-0.3, -0.25) is 15.3 Å². The molecule has 4 nitrogen and oxygen atoms in total. The summed E-state index contributed by atoms with van der Waals surface area (Å²) in [5.41, 5.74) is 4.82. The molecule has 1 aliphatic heterocycles. The van der Waals surface area contributed by atoms with Gasteiger partial charge in [0.1, 0.15) is 0 Å². The standard InChI is InChI=1S/C9H12N2O2/c1-6(12)8-4-3-5-9(10,11-8)7(2)13/h3-5,11H,10H2,1-2H3. The number of Topliss-reactive ketones (excluding diaryl/α,β-unsaturated/α-hetero) is 2. The van der Waals surface area contributed by atoms with Crippen molar-refractivity contribution in [1.82, 2.24) is 5.32 Å². The second kappa shape index (κ2) is 3.14. The minimum Gasteiger partial charge on any atom is -0.355 e. The summed E-state index contributed by atoms with van der Waals surface area (Å²) in [6, 6.07) is 0. The quantitative estimate of drug-likeness (QED) is 0.620. The average Bonchev–Trinajstić information content (AvgIpc) is 2.04. The van der Waals surface area contributed by atoms with E-state index in [1.807, 2.05) is 0 Å². The first-order valence-electron chi connectivity index (χ1n) is 3.94. The van der Waals surface area contributed by atoms with Gasteiger partial charge in [-0.15, -0.1) is 0 Å². The van der Waals surface area contributed by atoms with E-state index in [9.17, 15) is 9.59 Å². The highest BCUT2D eigenvalue weighted by molar-refractivity contribution is 5.96. The molecule has 0 bridgehead atoms. The van der Waals surface area contributed by atoms with Crippen molar-refractivity contribution in [2.75, 3.05) is 0 Å². The van der Waals surface area contributed by atoms with Crippen LogP contribution < -0.4 is 11.1 Å². The molecule has 0 aromatic carbocycles. The molecule has 0 saturated carbocycles. The van der Waals surface area contributed by atoms with Gasteiger partial charge >= 0.3 is 0 Å². The summed E-state index contributed by atoms with van der Waals surface area (Å²) in [6.45, 7) is 2.79. The monoisotopic (exact) mass is 180 g/mol. The van der Waals surface area contributed by atoms with E-state index in [2.05, 4.69) is 5.32 Å². The number of carbonyl (C=O) groups is 2. The Morgan fingerprint density at radius 1 is 1.46 bits per heavy atom. The van der Waals surface area contributed by atoms with Gasteiger partial charge in [0.05, 0.1) is 5.70 Å². The van der Waals surface area contributed by atoms with E-state index in [0.717, 1.165) is 0 Å². The zero-order chi connectivity index (χ0) is 10.1. The molecule has 1 atom stereocenters. The Bertz CT molecular complexity index is 318. The zero-order valence-electron chi connectivity index (χ0n) is 7.63. The van der Waals surface area contributed by atoms with Crippen LogP contribution in [-0.2, 0) is 9.59 Å². The first kappa shape index (κ1) is 9.67. The van der Waals surface area contributed by atoms with Crippen LogP contribution in [-0.4, -0.2) is 17.2 Å². The fourth-order valence-electron chi connectivity index (χ4n) is 1.01. The van der Waals surface area contributed by atoms with Crippen molar-refractivity contribution < 1.29 is 9.59 Å². The summed E-state index contributed by atoms with van der Waals surface area (Å²) in [7, 11) is 0. The summed E-state index contributed by atoms with van der Waals surface area (Å²) in [5.74, 6) is -0.365. The molecule has 70 valence electrons. The fraction of sp³-hybridized carbons (Fsp3) is 0.333. The van der Waals surface area contributed by atoms with Crippen molar-refractivity contribution in [3.8, 4) is 0 Å². The van der Waals surface area contributed by atoms with Gasteiger partial charge in [0.2, 0.25) is 0 Å². The molecule has 4 heteroatoms. The van der Waals surface area contributed by atoms with E-state index in [4.69, 9.17) is 5.73 Å². The number of rotatable bonds is 2. The van der Waals surface area contributed by atoms with Crippen molar-refractivity contribution in [1.29, 1.82) is 0 Å². The Morgan fingerprint density at radius 3 is 2.54 bits per heavy atom. The first-order chi connectivity index (χ1) is 5.96. The Labute approximate surface area is 76.5 Å². The number of nitrogens with one attached hydrogen (secondary N) is 1. The molecule has 0 fully saturated rings. The van der Waals surface area contributed by atoms with Gasteiger partial charge in [0.15, 0.2) is 17.2 Å². The van der Waals surface area contributed by atoms with E-state index in [-0.39, 0.29) is 11.6 Å². The van der Waals surface area contributed by atoms with Crippen LogP contribution in [0.1, 0.15) is 13.8 Å². The van der Waals surface area contributed by atoms with Crippen LogP contribution in [0.2, 0.25) is 0 Å². The second-order valence-electron chi connectivity index (χ2n) is 3.05. The molecule has 3 N–H and O–H groups in total. The van der Waals surface area contributed by atoms with E-state index in [1.54, 1.807) is 12.2 Å². The molecular formula is C9H12N2O2. The van der Waals surface area contributed by atoms with Gasteiger partial charge in [-0.05, 0) is 19.1 Å². The maximum atomic E-state index is 11.1. The molecule has 1 unspecified atom stereocenters. The van der Waals surface area contributed by atoms with E-state index < -0.39 is 5.66 Å². The minimum absolute atomic E-state index is 0.138. The molecular weight excluding hydrogens is 168 g/mol. The SMILES string of the molecule is CC(=O)C1=CC=CC(N)(C(C)=O)N1. The normalized spacial score (nSPS) is 26.2. The number of ketones is 2. The average molecular weight is 180 g/mol. The lowest BCUT2D eigenvalue weighted by molar-refractivity contribution is -0.121. The molecule has 0 aromatic rings. The lowest BCUT2D eigenvalue weighted by Gasteiger charge is -2.28. The Kier molecular flexibility index (Phi) is 2.34. The summed E-state index contributed by atoms with van der Waals surface area (Å²) in [5, 5.41) is 2.68. The van der Waals surface area contributed by atoms with Gasteiger partial charge in [-0.1, -0.05) is 6.08 Å². The molecule has 0 saturated heterocycles. The molecule has 0 amide bonds. The topological polar surface area (TPSA) is 72.2 Å². The third-order valence-electron chi connectivity index (χ3n) is 1.93. The summed E-state index contributed by atoms with van der Waals surface area (Å²) >= 11 is 0. The molecule has 1 heterocycles. The number of carbonyl (C=O) groups excluding carboxylic acids is 2. The molecule has 0 radical (unpaired) electrons. The number of hydrogen-bond donors (Lipinski definition) is 2. The van der Waals surface area contributed by atoms with E-state index >= 15 is 0 Å². The fourth-order valence-corrected chi connectivity index (χ4v) is 1.01. The number of hydrogen-bond acceptors (Lipinski definition) is 4. The first-order valence-corrected chi connectivity index (χ1v) is 3.94. The van der Waals surface area contributed by atoms with E-state index in [0.29, 0.717) is 5.70 Å². The van der Waals surface area contributed by atoms with Crippen LogP contribution in [0, 0.1) is 0 Å². The van der Waals surface area contributed by atoms with Crippen LogP contribution in [0.3, 0.4) is 0 Å². The van der Waals surface area contributed by atoms with Gasteiger partial charge in [-0.2, -0.15) is 0 Å². The summed E-state index contributed by atoms with van der Waals surface area (Å²) in [6.07, 6.45) is 4.73. The third-order valence-corrected chi connectivity index (χ3v) is 1.93. The predicted octanol–water partition coefficient (Wildman–Crippen LogP) is -0.137. The van der Waals surface area contributed by atoms with Crippen molar-refractivity contribution >= 4 is 11.6 Å². The Balaban J connectivity index is 2.92. The van der Waals surface area contributed by atoms with Crippen molar-refractivity contribution in [2.45, 2.75) is 19.5 Å². The van der Waals surface area contributed by atoms with Crippen molar-refractivity contribution in [3.05, 3.63) is 23.9 Å². The van der Waals surface area contributed by atoms with Crippen LogP contribution in [0.15, 0.2) is 23.9 Å². The molecule has 1 rings (SSSR count). The van der Waals surface area contributed by atoms with E-state index in [1.165, 1.54) is 19.9 Å². The summed E-state index contributed by atoms with van der Waals surface area (Å²) < 4.78 is 0.